The van der Waals surface area contributed by atoms with E-state index in [1.54, 1.807) is 18.2 Å². The van der Waals surface area contributed by atoms with Crippen molar-refractivity contribution in [3.8, 4) is 5.75 Å². The lowest BCUT2D eigenvalue weighted by molar-refractivity contribution is -0.126. The van der Waals surface area contributed by atoms with Crippen LogP contribution in [-0.4, -0.2) is 43.6 Å². The summed E-state index contributed by atoms with van der Waals surface area (Å²) < 4.78 is 18.8. The number of hydrogen-bond acceptors (Lipinski definition) is 3. The van der Waals surface area contributed by atoms with Crippen molar-refractivity contribution in [3.63, 3.8) is 0 Å². The Balaban J connectivity index is 1.57. The summed E-state index contributed by atoms with van der Waals surface area (Å²) in [4.78, 5) is 16.5. The first-order valence-corrected chi connectivity index (χ1v) is 9.36. The average molecular weight is 368 g/mol. The number of rotatable bonds is 6. The van der Waals surface area contributed by atoms with Crippen molar-refractivity contribution < 1.29 is 13.9 Å². The van der Waals surface area contributed by atoms with Crippen LogP contribution >= 0.6 is 0 Å². The maximum atomic E-state index is 13.1. The first kappa shape index (κ1) is 19.0. The van der Waals surface area contributed by atoms with Gasteiger partial charge in [0, 0.05) is 43.5 Å². The van der Waals surface area contributed by atoms with Gasteiger partial charge in [0.05, 0.1) is 6.61 Å². The topological polar surface area (TPSA) is 32.8 Å². The number of carbonyl (C=O) groups is 1. The van der Waals surface area contributed by atoms with Crippen LogP contribution in [0.1, 0.15) is 18.9 Å². The van der Waals surface area contributed by atoms with Gasteiger partial charge >= 0.3 is 0 Å². The van der Waals surface area contributed by atoms with Gasteiger partial charge in [0.15, 0.2) is 0 Å². The fourth-order valence-corrected chi connectivity index (χ4v) is 3.07. The Morgan fingerprint density at radius 2 is 1.78 bits per heavy atom. The Kier molecular flexibility index (Phi) is 6.47. The standard InChI is InChI=1S/C22H25FN2O2/c1-2-17-27-21-6-4-3-5-18(21)7-12-22(26)25-15-13-24(14-16-25)20-10-8-19(23)9-11-20/h3-12H,2,13-17H2,1H3/b12-7+. The molecule has 0 atom stereocenters. The van der Waals surface area contributed by atoms with Crippen molar-refractivity contribution in [2.75, 3.05) is 37.7 Å². The van der Waals surface area contributed by atoms with Gasteiger partial charge < -0.3 is 14.5 Å². The lowest BCUT2D eigenvalue weighted by atomic mass is 10.1. The maximum absolute atomic E-state index is 13.1. The third-order valence-electron chi connectivity index (χ3n) is 4.57. The second-order valence-electron chi connectivity index (χ2n) is 6.51. The van der Waals surface area contributed by atoms with Gasteiger partial charge in [-0.2, -0.15) is 0 Å². The molecule has 3 rings (SSSR count). The van der Waals surface area contributed by atoms with Crippen LogP contribution in [-0.2, 0) is 4.79 Å². The van der Waals surface area contributed by atoms with E-state index < -0.39 is 0 Å². The van der Waals surface area contributed by atoms with Crippen LogP contribution < -0.4 is 9.64 Å². The summed E-state index contributed by atoms with van der Waals surface area (Å²) in [6.45, 7) is 5.49. The average Bonchev–Trinajstić information content (AvgIpc) is 2.72. The predicted molar refractivity (Wildman–Crippen MR) is 106 cm³/mol. The summed E-state index contributed by atoms with van der Waals surface area (Å²) in [5.41, 5.74) is 1.89. The molecule has 2 aromatic carbocycles. The number of hydrogen-bond donors (Lipinski definition) is 0. The fraction of sp³-hybridized carbons (Fsp3) is 0.318. The van der Waals surface area contributed by atoms with Crippen molar-refractivity contribution in [3.05, 3.63) is 66.0 Å². The Bertz CT molecular complexity index is 781. The molecule has 0 radical (unpaired) electrons. The molecule has 27 heavy (non-hydrogen) atoms. The van der Waals surface area contributed by atoms with Gasteiger partial charge in [-0.3, -0.25) is 4.79 Å². The van der Waals surface area contributed by atoms with Crippen LogP contribution in [0.15, 0.2) is 54.6 Å². The SMILES string of the molecule is CCCOc1ccccc1/C=C/C(=O)N1CCN(c2ccc(F)cc2)CC1. The summed E-state index contributed by atoms with van der Waals surface area (Å²) in [5.74, 6) is 0.560. The van der Waals surface area contributed by atoms with E-state index in [0.717, 1.165) is 36.5 Å². The first-order valence-electron chi connectivity index (χ1n) is 9.36. The molecule has 0 spiro atoms. The number of halogens is 1. The lowest BCUT2D eigenvalue weighted by Crippen LogP contribution is -2.48. The lowest BCUT2D eigenvalue weighted by Gasteiger charge is -2.35. The Labute approximate surface area is 159 Å². The van der Waals surface area contributed by atoms with E-state index in [0.29, 0.717) is 19.7 Å². The van der Waals surface area contributed by atoms with E-state index in [1.165, 1.54) is 12.1 Å². The second-order valence-corrected chi connectivity index (χ2v) is 6.51. The number of piperazine rings is 1. The zero-order valence-electron chi connectivity index (χ0n) is 15.6. The monoisotopic (exact) mass is 368 g/mol. The van der Waals surface area contributed by atoms with Crippen LogP contribution in [0, 0.1) is 5.82 Å². The van der Waals surface area contributed by atoms with E-state index in [-0.39, 0.29) is 11.7 Å². The molecule has 4 nitrogen and oxygen atoms in total. The van der Waals surface area contributed by atoms with Crippen LogP contribution in [0.4, 0.5) is 10.1 Å². The minimum Gasteiger partial charge on any atom is -0.493 e. The third-order valence-corrected chi connectivity index (χ3v) is 4.57. The number of amides is 1. The summed E-state index contributed by atoms with van der Waals surface area (Å²) in [5, 5.41) is 0. The quantitative estimate of drug-likeness (QED) is 0.723. The molecule has 0 aliphatic carbocycles. The summed E-state index contributed by atoms with van der Waals surface area (Å²) in [6.07, 6.45) is 4.37. The molecular weight excluding hydrogens is 343 g/mol. The highest BCUT2D eigenvalue weighted by molar-refractivity contribution is 5.92. The van der Waals surface area contributed by atoms with Gasteiger partial charge in [0.25, 0.3) is 0 Å². The molecule has 1 amide bonds. The molecule has 1 aliphatic rings. The van der Waals surface area contributed by atoms with Gasteiger partial charge in [-0.05, 0) is 42.8 Å². The molecule has 0 N–H and O–H groups in total. The summed E-state index contributed by atoms with van der Waals surface area (Å²) in [7, 11) is 0. The fourth-order valence-electron chi connectivity index (χ4n) is 3.07. The molecule has 1 fully saturated rings. The van der Waals surface area contributed by atoms with Crippen molar-refractivity contribution in [2.45, 2.75) is 13.3 Å². The third kappa shape index (κ3) is 5.09. The van der Waals surface area contributed by atoms with Crippen LogP contribution in [0.5, 0.6) is 5.75 Å². The van der Waals surface area contributed by atoms with Crippen molar-refractivity contribution >= 4 is 17.7 Å². The Morgan fingerprint density at radius 1 is 1.07 bits per heavy atom. The smallest absolute Gasteiger partial charge is 0.246 e. The van der Waals surface area contributed by atoms with Crippen molar-refractivity contribution in [1.82, 2.24) is 4.90 Å². The molecule has 1 aliphatic heterocycles. The number of nitrogens with zero attached hydrogens (tertiary/aromatic N) is 2. The second kappa shape index (κ2) is 9.21. The predicted octanol–water partition coefficient (Wildman–Crippen LogP) is 3.98. The van der Waals surface area contributed by atoms with Crippen LogP contribution in [0.3, 0.4) is 0 Å². The first-order chi connectivity index (χ1) is 13.2. The van der Waals surface area contributed by atoms with Gasteiger partial charge in [-0.25, -0.2) is 4.39 Å². The molecule has 0 saturated carbocycles. The van der Waals surface area contributed by atoms with Crippen LogP contribution in [0.2, 0.25) is 0 Å². The highest BCUT2D eigenvalue weighted by Gasteiger charge is 2.19. The van der Waals surface area contributed by atoms with E-state index in [4.69, 9.17) is 4.74 Å². The molecule has 1 saturated heterocycles. The van der Waals surface area contributed by atoms with E-state index in [1.807, 2.05) is 35.2 Å². The largest absolute Gasteiger partial charge is 0.493 e. The normalized spacial score (nSPS) is 14.6. The Morgan fingerprint density at radius 3 is 2.48 bits per heavy atom. The highest BCUT2D eigenvalue weighted by Crippen LogP contribution is 2.20. The van der Waals surface area contributed by atoms with E-state index >= 15 is 0 Å². The molecule has 142 valence electrons. The summed E-state index contributed by atoms with van der Waals surface area (Å²) in [6, 6.07) is 14.2. The van der Waals surface area contributed by atoms with Gasteiger partial charge in [-0.15, -0.1) is 0 Å². The number of para-hydroxylation sites is 1. The zero-order chi connectivity index (χ0) is 19.1. The minimum atomic E-state index is -0.235. The van der Waals surface area contributed by atoms with Gasteiger partial charge in [0.1, 0.15) is 11.6 Å². The van der Waals surface area contributed by atoms with Crippen molar-refractivity contribution in [1.29, 1.82) is 0 Å². The molecular formula is C22H25FN2O2. The van der Waals surface area contributed by atoms with E-state index in [9.17, 15) is 9.18 Å². The number of carbonyl (C=O) groups excluding carboxylic acids is 1. The highest BCUT2D eigenvalue weighted by atomic mass is 19.1. The minimum absolute atomic E-state index is 0.000879. The summed E-state index contributed by atoms with van der Waals surface area (Å²) >= 11 is 0. The van der Waals surface area contributed by atoms with E-state index in [2.05, 4.69) is 11.8 Å². The number of ether oxygens (including phenoxy) is 1. The molecule has 1 heterocycles. The molecule has 0 unspecified atom stereocenters. The molecule has 0 bridgehead atoms. The zero-order valence-corrected chi connectivity index (χ0v) is 15.6. The van der Waals surface area contributed by atoms with Crippen LogP contribution in [0.25, 0.3) is 6.08 Å². The number of anilines is 1. The van der Waals surface area contributed by atoms with Crippen molar-refractivity contribution in [2.24, 2.45) is 0 Å². The molecule has 5 heteroatoms. The van der Waals surface area contributed by atoms with Gasteiger partial charge in [-0.1, -0.05) is 25.1 Å². The molecule has 2 aromatic rings. The Hall–Kier alpha value is -2.82. The van der Waals surface area contributed by atoms with Gasteiger partial charge in [0.2, 0.25) is 5.91 Å². The molecule has 0 aromatic heterocycles. The number of benzene rings is 2. The maximum Gasteiger partial charge on any atom is 0.246 e.